The van der Waals surface area contributed by atoms with Gasteiger partial charge in [0, 0.05) is 6.42 Å². The zero-order valence-corrected chi connectivity index (χ0v) is 15.6. The van der Waals surface area contributed by atoms with Crippen molar-refractivity contribution in [2.24, 2.45) is 11.8 Å². The highest BCUT2D eigenvalue weighted by molar-refractivity contribution is 5.21. The van der Waals surface area contributed by atoms with Crippen molar-refractivity contribution in [3.63, 3.8) is 0 Å². The van der Waals surface area contributed by atoms with Gasteiger partial charge >= 0.3 is 6.11 Å². The lowest BCUT2D eigenvalue weighted by atomic mass is 9.78. The molecule has 1 aliphatic rings. The average molecular weight is 350 g/mol. The molecule has 0 saturated heterocycles. The fourth-order valence-electron chi connectivity index (χ4n) is 3.68. The van der Waals surface area contributed by atoms with Crippen molar-refractivity contribution in [3.05, 3.63) is 47.5 Å². The standard InChI is InChI=1S/C22H32F2O/c1-3-5-6-7-19-10-12-20(13-11-19)16-22(23,24)25-17-21-14-8-18(4-2)9-15-21/h3,5,8-9,14-15,19-20H,4,6-7,10-13,16-17H2,1-2H3/t19-,20-. The highest BCUT2D eigenvalue weighted by Gasteiger charge is 2.35. The first kappa shape index (κ1) is 20.1. The number of aryl methyl sites for hydroxylation is 1. The van der Waals surface area contributed by atoms with Crippen LogP contribution in [-0.4, -0.2) is 6.11 Å². The van der Waals surface area contributed by atoms with Gasteiger partial charge in [-0.3, -0.25) is 0 Å². The normalized spacial score (nSPS) is 21.8. The van der Waals surface area contributed by atoms with Crippen molar-refractivity contribution in [2.45, 2.75) is 77.9 Å². The highest BCUT2D eigenvalue weighted by atomic mass is 19.3. The molecule has 0 radical (unpaired) electrons. The van der Waals surface area contributed by atoms with E-state index in [1.165, 1.54) is 12.0 Å². The highest BCUT2D eigenvalue weighted by Crippen LogP contribution is 2.38. The Hall–Kier alpha value is -1.22. The van der Waals surface area contributed by atoms with Gasteiger partial charge < -0.3 is 4.74 Å². The molecule has 0 heterocycles. The molecule has 0 aromatic heterocycles. The first-order valence-corrected chi connectivity index (χ1v) is 9.73. The molecular weight excluding hydrogens is 318 g/mol. The molecule has 0 unspecified atom stereocenters. The summed E-state index contributed by atoms with van der Waals surface area (Å²) in [7, 11) is 0. The molecule has 3 heteroatoms. The van der Waals surface area contributed by atoms with E-state index in [-0.39, 0.29) is 18.9 Å². The average Bonchev–Trinajstić information content (AvgIpc) is 2.62. The van der Waals surface area contributed by atoms with Crippen LogP contribution in [0, 0.1) is 11.8 Å². The number of benzene rings is 1. The Balaban J connectivity index is 1.71. The monoisotopic (exact) mass is 350 g/mol. The molecule has 1 aromatic carbocycles. The van der Waals surface area contributed by atoms with Crippen molar-refractivity contribution in [2.75, 3.05) is 0 Å². The summed E-state index contributed by atoms with van der Waals surface area (Å²) >= 11 is 0. The summed E-state index contributed by atoms with van der Waals surface area (Å²) in [4.78, 5) is 0. The second-order valence-electron chi connectivity index (χ2n) is 7.33. The predicted molar refractivity (Wildman–Crippen MR) is 99.7 cm³/mol. The molecule has 25 heavy (non-hydrogen) atoms. The van der Waals surface area contributed by atoms with Crippen LogP contribution in [0.4, 0.5) is 8.78 Å². The third-order valence-corrected chi connectivity index (χ3v) is 5.35. The van der Waals surface area contributed by atoms with Gasteiger partial charge in [0.15, 0.2) is 0 Å². The zero-order chi connectivity index (χ0) is 18.1. The third-order valence-electron chi connectivity index (χ3n) is 5.35. The van der Waals surface area contributed by atoms with Gasteiger partial charge in [-0.2, -0.15) is 8.78 Å². The Bertz CT molecular complexity index is 513. The Morgan fingerprint density at radius 1 is 1.04 bits per heavy atom. The van der Waals surface area contributed by atoms with Crippen molar-refractivity contribution in [1.29, 1.82) is 0 Å². The molecule has 0 aliphatic heterocycles. The van der Waals surface area contributed by atoms with Crippen LogP contribution in [0.3, 0.4) is 0 Å². The summed E-state index contributed by atoms with van der Waals surface area (Å²) in [5.41, 5.74) is 2.02. The molecule has 1 nitrogen and oxygen atoms in total. The minimum absolute atomic E-state index is 0.0182. The lowest BCUT2D eigenvalue weighted by Crippen LogP contribution is -2.27. The van der Waals surface area contributed by atoms with Gasteiger partial charge in [-0.25, -0.2) is 0 Å². The number of hydrogen-bond donors (Lipinski definition) is 0. The van der Waals surface area contributed by atoms with Crippen molar-refractivity contribution in [3.8, 4) is 0 Å². The van der Waals surface area contributed by atoms with Crippen molar-refractivity contribution in [1.82, 2.24) is 0 Å². The Kier molecular flexibility index (Phi) is 8.08. The van der Waals surface area contributed by atoms with E-state index in [9.17, 15) is 8.78 Å². The molecule has 2 rings (SSSR count). The second kappa shape index (κ2) is 10.1. The van der Waals surface area contributed by atoms with Crippen LogP contribution in [-0.2, 0) is 17.8 Å². The zero-order valence-electron chi connectivity index (χ0n) is 15.6. The Morgan fingerprint density at radius 2 is 1.64 bits per heavy atom. The van der Waals surface area contributed by atoms with Gasteiger partial charge in [0.2, 0.25) is 0 Å². The predicted octanol–water partition coefficient (Wildman–Crippen LogP) is 6.91. The maximum Gasteiger partial charge on any atom is 0.356 e. The summed E-state index contributed by atoms with van der Waals surface area (Å²) in [6.07, 6.45) is 8.35. The lowest BCUT2D eigenvalue weighted by molar-refractivity contribution is -0.256. The van der Waals surface area contributed by atoms with E-state index in [0.717, 1.165) is 44.1 Å². The summed E-state index contributed by atoms with van der Waals surface area (Å²) in [6.45, 7) is 4.10. The van der Waals surface area contributed by atoms with E-state index in [0.29, 0.717) is 5.92 Å². The number of hydrogen-bond acceptors (Lipinski definition) is 1. The van der Waals surface area contributed by atoms with E-state index in [1.807, 2.05) is 31.2 Å². The molecule has 0 atom stereocenters. The van der Waals surface area contributed by atoms with Crippen LogP contribution in [0.5, 0.6) is 0 Å². The largest absolute Gasteiger partial charge is 0.356 e. The van der Waals surface area contributed by atoms with Crippen LogP contribution in [0.2, 0.25) is 0 Å². The lowest BCUT2D eigenvalue weighted by Gasteiger charge is -2.30. The number of halogens is 2. The molecule has 0 amide bonds. The van der Waals surface area contributed by atoms with Gasteiger partial charge in [-0.1, -0.05) is 56.2 Å². The van der Waals surface area contributed by atoms with Gasteiger partial charge in [0.05, 0.1) is 6.61 Å². The molecule has 140 valence electrons. The summed E-state index contributed by atoms with van der Waals surface area (Å²) in [5.74, 6) is 0.800. The quantitative estimate of drug-likeness (QED) is 0.440. The minimum Gasteiger partial charge on any atom is -0.316 e. The van der Waals surface area contributed by atoms with Gasteiger partial charge in [0.25, 0.3) is 0 Å². The van der Waals surface area contributed by atoms with E-state index >= 15 is 0 Å². The van der Waals surface area contributed by atoms with Crippen LogP contribution in [0.25, 0.3) is 0 Å². The summed E-state index contributed by atoms with van der Waals surface area (Å²) in [5, 5.41) is 0. The van der Waals surface area contributed by atoms with Crippen molar-refractivity contribution >= 4 is 0 Å². The molecule has 1 fully saturated rings. The van der Waals surface area contributed by atoms with Gasteiger partial charge in [-0.05, 0) is 62.0 Å². The van der Waals surface area contributed by atoms with Crippen molar-refractivity contribution < 1.29 is 13.5 Å². The van der Waals surface area contributed by atoms with E-state index in [4.69, 9.17) is 4.74 Å². The topological polar surface area (TPSA) is 9.23 Å². The molecule has 0 spiro atoms. The molecule has 1 aliphatic carbocycles. The number of ether oxygens (including phenoxy) is 1. The smallest absolute Gasteiger partial charge is 0.316 e. The summed E-state index contributed by atoms with van der Waals surface area (Å²) < 4.78 is 33.3. The second-order valence-corrected chi connectivity index (χ2v) is 7.33. The van der Waals surface area contributed by atoms with E-state index < -0.39 is 6.11 Å². The minimum atomic E-state index is -3.02. The number of alkyl halides is 2. The summed E-state index contributed by atoms with van der Waals surface area (Å²) in [6, 6.07) is 7.72. The van der Waals surface area contributed by atoms with Crippen LogP contribution in [0.1, 0.15) is 69.9 Å². The Labute approximate surface area is 151 Å². The van der Waals surface area contributed by atoms with Crippen LogP contribution in [0.15, 0.2) is 36.4 Å². The molecule has 1 saturated carbocycles. The van der Waals surface area contributed by atoms with E-state index in [2.05, 4.69) is 19.1 Å². The number of allylic oxidation sites excluding steroid dienone is 2. The SMILES string of the molecule is CC=CCC[C@H]1CC[C@H](CC(F)(F)OCc2ccc(CC)cc2)CC1. The molecular formula is C22H32F2O. The Morgan fingerprint density at radius 3 is 2.24 bits per heavy atom. The van der Waals surface area contributed by atoms with Gasteiger partial charge in [0.1, 0.15) is 0 Å². The first-order valence-electron chi connectivity index (χ1n) is 9.73. The van der Waals surface area contributed by atoms with E-state index in [1.54, 1.807) is 0 Å². The fourth-order valence-corrected chi connectivity index (χ4v) is 3.68. The molecule has 0 N–H and O–H groups in total. The van der Waals surface area contributed by atoms with Crippen LogP contribution < -0.4 is 0 Å². The van der Waals surface area contributed by atoms with Crippen LogP contribution >= 0.6 is 0 Å². The molecule has 1 aromatic rings. The first-order chi connectivity index (χ1) is 12.0. The maximum atomic E-state index is 14.2. The van der Waals surface area contributed by atoms with Gasteiger partial charge in [-0.15, -0.1) is 0 Å². The fraction of sp³-hybridized carbons (Fsp3) is 0.636. The maximum absolute atomic E-state index is 14.2. The number of rotatable bonds is 9. The third kappa shape index (κ3) is 7.27. The molecule has 0 bridgehead atoms.